The van der Waals surface area contributed by atoms with Crippen LogP contribution in [-0.4, -0.2) is 96.6 Å². The van der Waals surface area contributed by atoms with Crippen LogP contribution in [0.3, 0.4) is 0 Å². The van der Waals surface area contributed by atoms with Gasteiger partial charge in [-0.1, -0.05) is 24.3 Å². The molecule has 3 aromatic heterocycles. The zero-order valence-electron chi connectivity index (χ0n) is 32.4. The number of nitrogens with zero attached hydrogens (tertiary/aromatic N) is 5. The van der Waals surface area contributed by atoms with Gasteiger partial charge >= 0.3 is 5.69 Å². The molecule has 2 aliphatic heterocycles. The maximum absolute atomic E-state index is 15.7. The first-order valence-electron chi connectivity index (χ1n) is 19.4. The number of amides is 1. The van der Waals surface area contributed by atoms with Crippen LogP contribution in [0.2, 0.25) is 0 Å². The summed E-state index contributed by atoms with van der Waals surface area (Å²) in [7, 11) is 0. The summed E-state index contributed by atoms with van der Waals surface area (Å²) in [5.41, 5.74) is 1.11. The molecule has 2 fully saturated rings. The molecule has 4 N–H and O–H groups in total. The summed E-state index contributed by atoms with van der Waals surface area (Å²) in [6.45, 7) is 3.36. The minimum absolute atomic E-state index is 0.00295. The van der Waals surface area contributed by atoms with Crippen LogP contribution in [0.4, 0.5) is 34.6 Å². The number of aromatic nitrogens is 4. The quantitative estimate of drug-likeness (QED) is 0.0953. The van der Waals surface area contributed by atoms with E-state index in [4.69, 9.17) is 0 Å². The van der Waals surface area contributed by atoms with Crippen molar-refractivity contribution in [3.05, 3.63) is 140 Å². The van der Waals surface area contributed by atoms with Gasteiger partial charge in [0.25, 0.3) is 5.56 Å². The highest BCUT2D eigenvalue weighted by molar-refractivity contribution is 7.84. The zero-order valence-corrected chi connectivity index (χ0v) is 33.2. The summed E-state index contributed by atoms with van der Waals surface area (Å²) in [6.07, 6.45) is 3.99. The number of benzene rings is 3. The molecule has 5 heterocycles. The van der Waals surface area contributed by atoms with Gasteiger partial charge in [0, 0.05) is 92.7 Å². The Bertz CT molecular complexity index is 2770. The molecule has 2 unspecified atom stereocenters. The molecule has 316 valence electrons. The fraction of sp³-hybridized carbons (Fsp3) is 0.262. The lowest BCUT2D eigenvalue weighted by molar-refractivity contribution is -0.116. The van der Waals surface area contributed by atoms with Gasteiger partial charge in [-0.15, -0.1) is 0 Å². The molecule has 2 atom stereocenters. The Kier molecular flexibility index (Phi) is 12.0. The molecule has 2 aliphatic rings. The molecular formula is C42H39F4N9O5S. The number of rotatable bonds is 13. The van der Waals surface area contributed by atoms with E-state index in [9.17, 15) is 27.8 Å². The second-order valence-corrected chi connectivity index (χ2v) is 16.0. The summed E-state index contributed by atoms with van der Waals surface area (Å²) >= 11 is -1.99. The van der Waals surface area contributed by atoms with E-state index in [0.29, 0.717) is 35.4 Å². The Morgan fingerprint density at radius 2 is 1.66 bits per heavy atom. The molecule has 14 nitrogen and oxygen atoms in total. The van der Waals surface area contributed by atoms with Gasteiger partial charge in [-0.05, 0) is 60.4 Å². The number of ketones is 1. The second kappa shape index (κ2) is 17.6. The lowest BCUT2D eigenvalue weighted by Gasteiger charge is -2.36. The van der Waals surface area contributed by atoms with Crippen molar-refractivity contribution in [2.24, 2.45) is 0 Å². The highest BCUT2D eigenvalue weighted by Crippen LogP contribution is 2.30. The third kappa shape index (κ3) is 9.18. The topological polar surface area (TPSA) is 169 Å². The van der Waals surface area contributed by atoms with Crippen molar-refractivity contribution in [2.75, 3.05) is 60.8 Å². The number of carbonyl (C=O) groups is 2. The Morgan fingerprint density at radius 3 is 2.38 bits per heavy atom. The largest absolute Gasteiger partial charge is 0.369 e. The van der Waals surface area contributed by atoms with E-state index in [1.165, 1.54) is 28.8 Å². The fourth-order valence-electron chi connectivity index (χ4n) is 7.42. The zero-order chi connectivity index (χ0) is 42.8. The number of aromatic amines is 2. The predicted molar refractivity (Wildman–Crippen MR) is 223 cm³/mol. The standard InChI is InChI=1S/C42H39F4N9O5S/c43-28-10-14-55(23-28)61(60)51-35-8-6-32(44)38(39(35)46)40(58)31-22-48-41-30(31)19-27(21-47-41)26-3-1-25(2-4-26)9-12-52-15-17-53(18-16-52)29-5-7-34(33(45)20-29)49-37(57)24-54-13-11-36(56)50-42(54)59/h1-8,11,13,19-22,28,51H,9-10,12,14-18,23-24H2,(H,47,48)(H,49,57)(H,50,56,59). The molecule has 6 aromatic rings. The van der Waals surface area contributed by atoms with E-state index in [-0.39, 0.29) is 36.4 Å². The van der Waals surface area contributed by atoms with Gasteiger partial charge in [-0.2, -0.15) is 0 Å². The number of hydrogen-bond donors (Lipinski definition) is 4. The van der Waals surface area contributed by atoms with Gasteiger partial charge in [0.2, 0.25) is 11.7 Å². The van der Waals surface area contributed by atoms with E-state index in [2.05, 4.69) is 34.8 Å². The lowest BCUT2D eigenvalue weighted by Crippen LogP contribution is -2.47. The third-order valence-corrected chi connectivity index (χ3v) is 12.0. The van der Waals surface area contributed by atoms with Gasteiger partial charge in [-0.25, -0.2) is 35.9 Å². The minimum atomic E-state index is -1.99. The molecule has 61 heavy (non-hydrogen) atoms. The van der Waals surface area contributed by atoms with Gasteiger partial charge in [0.15, 0.2) is 17.0 Å². The average molecular weight is 858 g/mol. The van der Waals surface area contributed by atoms with Crippen molar-refractivity contribution in [1.82, 2.24) is 28.7 Å². The van der Waals surface area contributed by atoms with Gasteiger partial charge in [0.1, 0.15) is 30.0 Å². The SMILES string of the molecule is O=C(Cn1ccc(=O)[nH]c1=O)Nc1ccc(N2CCN(CCc3ccc(-c4cnc5[nH]cc(C(=O)c6c(F)ccc(NS(=O)N7CCC(F)C7)c6F)c5c4)cc3)CC2)cc1F. The molecule has 0 bridgehead atoms. The van der Waals surface area contributed by atoms with Gasteiger partial charge < -0.3 is 15.2 Å². The van der Waals surface area contributed by atoms with Crippen molar-refractivity contribution >= 4 is 51.0 Å². The number of piperazine rings is 1. The van der Waals surface area contributed by atoms with E-state index in [1.54, 1.807) is 18.3 Å². The Hall–Kier alpha value is -6.44. The summed E-state index contributed by atoms with van der Waals surface area (Å²) < 4.78 is 76.8. The van der Waals surface area contributed by atoms with Crippen molar-refractivity contribution in [1.29, 1.82) is 0 Å². The van der Waals surface area contributed by atoms with Crippen LogP contribution in [0.1, 0.15) is 27.9 Å². The average Bonchev–Trinajstić information content (AvgIpc) is 3.89. The fourth-order valence-corrected chi connectivity index (χ4v) is 8.46. The predicted octanol–water partition coefficient (Wildman–Crippen LogP) is 4.77. The van der Waals surface area contributed by atoms with E-state index >= 15 is 13.2 Å². The van der Waals surface area contributed by atoms with Crippen molar-refractivity contribution < 1.29 is 31.4 Å². The highest BCUT2D eigenvalue weighted by Gasteiger charge is 2.29. The Morgan fingerprint density at radius 1 is 0.885 bits per heavy atom. The number of anilines is 3. The van der Waals surface area contributed by atoms with E-state index in [1.807, 2.05) is 24.3 Å². The minimum Gasteiger partial charge on any atom is -0.369 e. The molecule has 19 heteroatoms. The molecule has 0 radical (unpaired) electrons. The molecule has 0 aliphatic carbocycles. The summed E-state index contributed by atoms with van der Waals surface area (Å²) in [5.74, 6) is -4.46. The normalized spacial score (nSPS) is 16.5. The smallest absolute Gasteiger partial charge is 0.328 e. The Labute approximate surface area is 347 Å². The van der Waals surface area contributed by atoms with Crippen LogP contribution >= 0.6 is 0 Å². The van der Waals surface area contributed by atoms with E-state index in [0.717, 1.165) is 59.9 Å². The number of halogens is 4. The van der Waals surface area contributed by atoms with Crippen LogP contribution in [0.15, 0.2) is 94.9 Å². The number of pyridine rings is 1. The van der Waals surface area contributed by atoms with Crippen LogP contribution in [-0.2, 0) is 28.9 Å². The summed E-state index contributed by atoms with van der Waals surface area (Å²) in [6, 6.07) is 17.3. The van der Waals surface area contributed by atoms with Gasteiger partial charge in [-0.3, -0.25) is 33.6 Å². The van der Waals surface area contributed by atoms with Crippen LogP contribution in [0, 0.1) is 17.5 Å². The van der Waals surface area contributed by atoms with Crippen molar-refractivity contribution in [2.45, 2.75) is 25.6 Å². The number of fused-ring (bicyclic) bond motifs is 1. The summed E-state index contributed by atoms with van der Waals surface area (Å²) in [4.78, 5) is 63.0. The molecule has 0 spiro atoms. The van der Waals surface area contributed by atoms with Gasteiger partial charge in [0.05, 0.1) is 16.9 Å². The molecule has 8 rings (SSSR count). The molecule has 0 saturated carbocycles. The highest BCUT2D eigenvalue weighted by atomic mass is 32.2. The molecular weight excluding hydrogens is 819 g/mol. The van der Waals surface area contributed by atoms with Crippen molar-refractivity contribution in [3.63, 3.8) is 0 Å². The van der Waals surface area contributed by atoms with Crippen LogP contribution < -0.4 is 26.2 Å². The first kappa shape index (κ1) is 41.3. The molecule has 1 amide bonds. The maximum Gasteiger partial charge on any atom is 0.328 e. The third-order valence-electron chi connectivity index (χ3n) is 10.8. The van der Waals surface area contributed by atoms with E-state index < -0.39 is 69.8 Å². The van der Waals surface area contributed by atoms with Crippen molar-refractivity contribution in [3.8, 4) is 11.1 Å². The maximum atomic E-state index is 15.7. The van der Waals surface area contributed by atoms with Crippen LogP contribution in [0.5, 0.6) is 0 Å². The second-order valence-electron chi connectivity index (χ2n) is 14.8. The number of H-pyrrole nitrogens is 2. The number of alkyl halides is 1. The summed E-state index contributed by atoms with van der Waals surface area (Å²) in [5, 5.41) is 2.83. The van der Waals surface area contributed by atoms with Crippen LogP contribution in [0.25, 0.3) is 22.2 Å². The first-order valence-corrected chi connectivity index (χ1v) is 20.5. The Balaban J connectivity index is 0.856. The molecule has 3 aromatic carbocycles. The monoisotopic (exact) mass is 857 g/mol. The number of nitrogens with one attached hydrogen (secondary N) is 4. The first-order chi connectivity index (χ1) is 29.4. The lowest BCUT2D eigenvalue weighted by atomic mass is 9.99. The molecule has 2 saturated heterocycles. The number of carbonyl (C=O) groups excluding carboxylic acids is 2. The number of hydrogen-bond acceptors (Lipinski definition) is 8.